The van der Waals surface area contributed by atoms with Crippen LogP contribution in [-0.2, 0) is 21.2 Å². The third-order valence-electron chi connectivity index (χ3n) is 5.55. The number of nitrogens with zero attached hydrogens (tertiary/aromatic N) is 1. The Morgan fingerprint density at radius 1 is 1.17 bits per heavy atom. The monoisotopic (exact) mass is 430 g/mol. The zero-order valence-electron chi connectivity index (χ0n) is 17.8. The summed E-state index contributed by atoms with van der Waals surface area (Å²) in [5.41, 5.74) is 3.15. The largest absolute Gasteiger partial charge is 0.484 e. The molecule has 0 heterocycles. The third-order valence-corrected chi connectivity index (χ3v) is 7.60. The highest BCUT2D eigenvalue weighted by molar-refractivity contribution is 7.89. The summed E-state index contributed by atoms with van der Waals surface area (Å²) < 4.78 is 32.4. The number of ether oxygens (including phenoxy) is 1. The van der Waals surface area contributed by atoms with Crippen LogP contribution < -0.4 is 10.1 Å². The Morgan fingerprint density at radius 2 is 1.90 bits per heavy atom. The van der Waals surface area contributed by atoms with Gasteiger partial charge in [0.25, 0.3) is 5.91 Å². The number of aryl methyl sites for hydroxylation is 2. The SMILES string of the molecule is CCN(CC)S(=O)(=O)c1ccc(OCC(=O)N[C@@H]2CCCc3ccccc32)c(C)c1. The van der Waals surface area contributed by atoms with Crippen molar-refractivity contribution in [2.75, 3.05) is 19.7 Å². The molecule has 0 fully saturated rings. The smallest absolute Gasteiger partial charge is 0.258 e. The lowest BCUT2D eigenvalue weighted by atomic mass is 9.88. The zero-order chi connectivity index (χ0) is 21.7. The molecule has 1 N–H and O–H groups in total. The molecule has 0 bridgehead atoms. The number of carbonyl (C=O) groups is 1. The highest BCUT2D eigenvalue weighted by Crippen LogP contribution is 2.29. The average Bonchev–Trinajstić information content (AvgIpc) is 2.73. The lowest BCUT2D eigenvalue weighted by molar-refractivity contribution is -0.124. The van der Waals surface area contributed by atoms with Crippen LogP contribution in [0.3, 0.4) is 0 Å². The van der Waals surface area contributed by atoms with Crippen molar-refractivity contribution in [2.24, 2.45) is 0 Å². The second-order valence-electron chi connectivity index (χ2n) is 7.52. The van der Waals surface area contributed by atoms with Crippen molar-refractivity contribution in [3.63, 3.8) is 0 Å². The van der Waals surface area contributed by atoms with Gasteiger partial charge >= 0.3 is 0 Å². The molecule has 1 amide bonds. The highest BCUT2D eigenvalue weighted by atomic mass is 32.2. The molecule has 6 nitrogen and oxygen atoms in total. The van der Waals surface area contributed by atoms with Crippen LogP contribution in [0.2, 0.25) is 0 Å². The van der Waals surface area contributed by atoms with Crippen LogP contribution in [0.15, 0.2) is 47.4 Å². The fourth-order valence-electron chi connectivity index (χ4n) is 3.94. The molecule has 0 spiro atoms. The first-order chi connectivity index (χ1) is 14.4. The second kappa shape index (κ2) is 9.62. The van der Waals surface area contributed by atoms with Gasteiger partial charge in [0.15, 0.2) is 6.61 Å². The Morgan fingerprint density at radius 3 is 2.60 bits per heavy atom. The van der Waals surface area contributed by atoms with Gasteiger partial charge in [-0.15, -0.1) is 0 Å². The summed E-state index contributed by atoms with van der Waals surface area (Å²) >= 11 is 0. The van der Waals surface area contributed by atoms with Crippen LogP contribution in [-0.4, -0.2) is 38.3 Å². The number of benzene rings is 2. The van der Waals surface area contributed by atoms with Crippen molar-refractivity contribution in [2.45, 2.75) is 51.0 Å². The summed E-state index contributed by atoms with van der Waals surface area (Å²) in [5.74, 6) is 0.323. The van der Waals surface area contributed by atoms with E-state index in [-0.39, 0.29) is 23.5 Å². The Hall–Kier alpha value is -2.38. The van der Waals surface area contributed by atoms with E-state index in [1.807, 2.05) is 26.0 Å². The van der Waals surface area contributed by atoms with E-state index in [1.165, 1.54) is 21.5 Å². The van der Waals surface area contributed by atoms with E-state index < -0.39 is 10.0 Å². The maximum Gasteiger partial charge on any atom is 0.258 e. The van der Waals surface area contributed by atoms with Crippen molar-refractivity contribution >= 4 is 15.9 Å². The molecule has 0 radical (unpaired) electrons. The molecule has 1 aliphatic rings. The summed E-state index contributed by atoms with van der Waals surface area (Å²) in [6.07, 6.45) is 3.01. The maximum absolute atomic E-state index is 12.7. The molecule has 0 unspecified atom stereocenters. The average molecular weight is 431 g/mol. The molecule has 1 atom stereocenters. The van der Waals surface area contributed by atoms with Crippen LogP contribution >= 0.6 is 0 Å². The van der Waals surface area contributed by atoms with Gasteiger partial charge in [0.1, 0.15) is 5.75 Å². The summed E-state index contributed by atoms with van der Waals surface area (Å²) in [4.78, 5) is 12.7. The van der Waals surface area contributed by atoms with Crippen LogP contribution in [0.5, 0.6) is 5.75 Å². The number of carbonyl (C=O) groups excluding carboxylic acids is 1. The highest BCUT2D eigenvalue weighted by Gasteiger charge is 2.23. The lowest BCUT2D eigenvalue weighted by Crippen LogP contribution is -2.34. The Bertz CT molecular complexity index is 1000. The fraction of sp³-hybridized carbons (Fsp3) is 0.435. The van der Waals surface area contributed by atoms with E-state index >= 15 is 0 Å². The molecule has 2 aromatic carbocycles. The topological polar surface area (TPSA) is 75.7 Å². The van der Waals surface area contributed by atoms with Crippen molar-refractivity contribution in [3.05, 3.63) is 59.2 Å². The molecule has 0 aromatic heterocycles. The maximum atomic E-state index is 12.7. The molecule has 2 aromatic rings. The predicted octanol–water partition coefficient (Wildman–Crippen LogP) is 3.60. The van der Waals surface area contributed by atoms with E-state index in [0.29, 0.717) is 24.4 Å². The second-order valence-corrected chi connectivity index (χ2v) is 9.45. The van der Waals surface area contributed by atoms with Gasteiger partial charge in [0.05, 0.1) is 10.9 Å². The Labute approximate surface area is 179 Å². The quantitative estimate of drug-likeness (QED) is 0.694. The minimum absolute atomic E-state index is 0.00809. The summed E-state index contributed by atoms with van der Waals surface area (Å²) in [5, 5.41) is 3.06. The van der Waals surface area contributed by atoms with Gasteiger partial charge in [-0.05, 0) is 61.1 Å². The summed E-state index contributed by atoms with van der Waals surface area (Å²) in [6, 6.07) is 13.0. The van der Waals surface area contributed by atoms with Crippen molar-refractivity contribution in [1.82, 2.24) is 9.62 Å². The van der Waals surface area contributed by atoms with Gasteiger partial charge in [-0.1, -0.05) is 38.1 Å². The molecule has 162 valence electrons. The van der Waals surface area contributed by atoms with Crippen LogP contribution in [0.4, 0.5) is 0 Å². The number of hydrogen-bond donors (Lipinski definition) is 1. The van der Waals surface area contributed by atoms with E-state index in [1.54, 1.807) is 19.1 Å². The first kappa shape index (κ1) is 22.3. The molecular weight excluding hydrogens is 400 g/mol. The number of fused-ring (bicyclic) bond motifs is 1. The van der Waals surface area contributed by atoms with Gasteiger partial charge in [-0.3, -0.25) is 4.79 Å². The number of amides is 1. The van der Waals surface area contributed by atoms with Gasteiger partial charge in [-0.2, -0.15) is 4.31 Å². The van der Waals surface area contributed by atoms with E-state index in [4.69, 9.17) is 4.74 Å². The molecule has 7 heteroatoms. The molecule has 0 aliphatic heterocycles. The minimum atomic E-state index is -3.52. The normalized spacial score (nSPS) is 16.2. The molecular formula is C23H30N2O4S. The third kappa shape index (κ3) is 4.84. The first-order valence-corrected chi connectivity index (χ1v) is 11.9. The Kier molecular flexibility index (Phi) is 7.15. The standard InChI is InChI=1S/C23H30N2O4S/c1-4-25(5-2)30(27,28)19-13-14-22(17(3)15-19)29-16-23(26)24-21-12-8-10-18-9-6-7-11-20(18)21/h6-7,9,11,13-15,21H,4-5,8,10,12,16H2,1-3H3,(H,24,26)/t21-/m1/s1. The van der Waals surface area contributed by atoms with E-state index in [0.717, 1.165) is 19.3 Å². The molecule has 3 rings (SSSR count). The van der Waals surface area contributed by atoms with Crippen molar-refractivity contribution < 1.29 is 17.9 Å². The van der Waals surface area contributed by atoms with Gasteiger partial charge in [-0.25, -0.2) is 8.42 Å². The van der Waals surface area contributed by atoms with Crippen LogP contribution in [0.25, 0.3) is 0 Å². The lowest BCUT2D eigenvalue weighted by Gasteiger charge is -2.26. The zero-order valence-corrected chi connectivity index (χ0v) is 18.7. The van der Waals surface area contributed by atoms with Crippen LogP contribution in [0.1, 0.15) is 49.4 Å². The van der Waals surface area contributed by atoms with E-state index in [2.05, 4.69) is 17.4 Å². The van der Waals surface area contributed by atoms with E-state index in [9.17, 15) is 13.2 Å². The first-order valence-electron chi connectivity index (χ1n) is 10.5. The van der Waals surface area contributed by atoms with Crippen LogP contribution in [0, 0.1) is 6.92 Å². The van der Waals surface area contributed by atoms with Gasteiger partial charge in [0.2, 0.25) is 10.0 Å². The van der Waals surface area contributed by atoms with Crippen molar-refractivity contribution in [3.8, 4) is 5.75 Å². The molecule has 30 heavy (non-hydrogen) atoms. The summed E-state index contributed by atoms with van der Waals surface area (Å²) in [7, 11) is -3.52. The molecule has 0 saturated carbocycles. The molecule has 0 saturated heterocycles. The summed E-state index contributed by atoms with van der Waals surface area (Å²) in [6.45, 7) is 6.14. The number of sulfonamides is 1. The number of hydrogen-bond acceptors (Lipinski definition) is 4. The van der Waals surface area contributed by atoms with Gasteiger partial charge in [0, 0.05) is 13.1 Å². The van der Waals surface area contributed by atoms with Crippen molar-refractivity contribution in [1.29, 1.82) is 0 Å². The molecule has 1 aliphatic carbocycles. The number of nitrogens with one attached hydrogen (secondary N) is 1. The Balaban J connectivity index is 1.63. The fourth-order valence-corrected chi connectivity index (χ4v) is 5.48. The predicted molar refractivity (Wildman–Crippen MR) is 117 cm³/mol. The minimum Gasteiger partial charge on any atom is -0.484 e. The number of rotatable bonds is 8. The van der Waals surface area contributed by atoms with Gasteiger partial charge < -0.3 is 10.1 Å².